The molecular formula is C10H11S+. The molecule has 0 radical (unpaired) electrons. The number of hydrogen-bond acceptors (Lipinski definition) is 0. The lowest BCUT2D eigenvalue weighted by molar-refractivity contribution is 1.65. The molecule has 0 amide bonds. The average Bonchev–Trinajstić information content (AvgIpc) is 2.03. The number of rotatable bonds is 0. The third-order valence-corrected chi connectivity index (χ3v) is 1.68. The van der Waals surface area contributed by atoms with E-state index in [0.29, 0.717) is 0 Å². The summed E-state index contributed by atoms with van der Waals surface area (Å²) < 4.78 is 0. The molecule has 0 aliphatic carbocycles. The summed E-state index contributed by atoms with van der Waals surface area (Å²) in [5, 5.41) is 3.14. The maximum Gasteiger partial charge on any atom is 0.156 e. The highest BCUT2D eigenvalue weighted by molar-refractivity contribution is 8.00. The lowest BCUT2D eigenvalue weighted by atomic mass is 10.2. The highest BCUT2D eigenvalue weighted by Gasteiger charge is 1.92. The first-order chi connectivity index (χ1) is 5.29. The molecule has 0 bridgehead atoms. The Kier molecular flexibility index (Phi) is 3.07. The Hall–Kier alpha value is -0.870. The summed E-state index contributed by atoms with van der Waals surface area (Å²) in [6, 6.07) is 10.1. The summed E-state index contributed by atoms with van der Waals surface area (Å²) in [7, 11) is 0.223. The van der Waals surface area contributed by atoms with Crippen molar-refractivity contribution in [2.45, 2.75) is 0 Å². The van der Waals surface area contributed by atoms with Crippen molar-refractivity contribution >= 4 is 10.9 Å². The molecule has 0 aromatic heterocycles. The topological polar surface area (TPSA) is 0 Å². The van der Waals surface area contributed by atoms with Crippen molar-refractivity contribution in [1.29, 1.82) is 0 Å². The zero-order valence-corrected chi connectivity index (χ0v) is 7.61. The van der Waals surface area contributed by atoms with Gasteiger partial charge in [0.15, 0.2) is 5.25 Å². The Balaban J connectivity index is 2.75. The Morgan fingerprint density at radius 2 is 1.73 bits per heavy atom. The SMILES string of the molecule is C[S+](C)C#Cc1ccccc1. The molecule has 1 aromatic carbocycles. The van der Waals surface area contributed by atoms with Crippen molar-refractivity contribution in [3.63, 3.8) is 0 Å². The van der Waals surface area contributed by atoms with Crippen LogP contribution in [0, 0.1) is 11.2 Å². The first-order valence-electron chi connectivity index (χ1n) is 3.43. The predicted octanol–water partition coefficient (Wildman–Crippen LogP) is 1.87. The van der Waals surface area contributed by atoms with Crippen molar-refractivity contribution in [3.05, 3.63) is 35.9 Å². The van der Waals surface area contributed by atoms with Crippen molar-refractivity contribution in [2.24, 2.45) is 0 Å². The van der Waals surface area contributed by atoms with E-state index in [-0.39, 0.29) is 10.9 Å². The van der Waals surface area contributed by atoms with Gasteiger partial charge < -0.3 is 0 Å². The molecule has 11 heavy (non-hydrogen) atoms. The van der Waals surface area contributed by atoms with E-state index in [0.717, 1.165) is 5.56 Å². The summed E-state index contributed by atoms with van der Waals surface area (Å²) in [5.41, 5.74) is 1.11. The monoisotopic (exact) mass is 163 g/mol. The van der Waals surface area contributed by atoms with Crippen LogP contribution in [0.25, 0.3) is 0 Å². The molecule has 1 aromatic rings. The van der Waals surface area contributed by atoms with E-state index in [9.17, 15) is 0 Å². The molecule has 0 heterocycles. The largest absolute Gasteiger partial charge is 0.156 e. The lowest BCUT2D eigenvalue weighted by Crippen LogP contribution is -1.86. The fourth-order valence-corrected chi connectivity index (χ4v) is 1.00. The maximum atomic E-state index is 3.14. The fourth-order valence-electron chi connectivity index (χ4n) is 0.682. The van der Waals surface area contributed by atoms with E-state index in [1.807, 2.05) is 30.3 Å². The van der Waals surface area contributed by atoms with Crippen LogP contribution in [0.4, 0.5) is 0 Å². The van der Waals surface area contributed by atoms with Crippen LogP contribution < -0.4 is 0 Å². The molecule has 0 N–H and O–H groups in total. The van der Waals surface area contributed by atoms with E-state index in [4.69, 9.17) is 0 Å². The van der Waals surface area contributed by atoms with Gasteiger partial charge in [0.2, 0.25) is 0 Å². The summed E-state index contributed by atoms with van der Waals surface area (Å²) >= 11 is 0. The first kappa shape index (κ1) is 8.23. The molecule has 0 atom stereocenters. The third-order valence-electron chi connectivity index (χ3n) is 1.17. The molecular weight excluding hydrogens is 152 g/mol. The minimum absolute atomic E-state index is 0.223. The number of hydrogen-bond donors (Lipinski definition) is 0. The van der Waals surface area contributed by atoms with Gasteiger partial charge in [0.1, 0.15) is 12.5 Å². The Morgan fingerprint density at radius 3 is 2.27 bits per heavy atom. The molecule has 0 spiro atoms. The summed E-state index contributed by atoms with van der Waals surface area (Å²) in [4.78, 5) is 0. The van der Waals surface area contributed by atoms with Gasteiger partial charge in [0, 0.05) is 5.56 Å². The summed E-state index contributed by atoms with van der Waals surface area (Å²) in [6.45, 7) is 0. The molecule has 1 heteroatoms. The molecule has 0 unspecified atom stereocenters. The zero-order chi connectivity index (χ0) is 8.10. The van der Waals surface area contributed by atoms with Crippen LogP contribution in [0.1, 0.15) is 5.56 Å². The molecule has 0 nitrogen and oxygen atoms in total. The van der Waals surface area contributed by atoms with Gasteiger partial charge in [0.05, 0.1) is 10.9 Å². The van der Waals surface area contributed by atoms with E-state index in [2.05, 4.69) is 23.7 Å². The van der Waals surface area contributed by atoms with Crippen molar-refractivity contribution in [3.8, 4) is 11.2 Å². The van der Waals surface area contributed by atoms with Crippen LogP contribution in [0.15, 0.2) is 30.3 Å². The van der Waals surface area contributed by atoms with Gasteiger partial charge in [-0.2, -0.15) is 0 Å². The molecule has 0 saturated carbocycles. The first-order valence-corrected chi connectivity index (χ1v) is 5.47. The van der Waals surface area contributed by atoms with Gasteiger partial charge in [-0.05, 0) is 18.1 Å². The van der Waals surface area contributed by atoms with Crippen LogP contribution >= 0.6 is 0 Å². The number of benzene rings is 1. The van der Waals surface area contributed by atoms with Gasteiger partial charge >= 0.3 is 0 Å². The Bertz CT molecular complexity index is 264. The normalized spacial score (nSPS) is 9.00. The summed E-state index contributed by atoms with van der Waals surface area (Å²) in [6.07, 6.45) is 4.24. The van der Waals surface area contributed by atoms with E-state index in [1.54, 1.807) is 0 Å². The smallest absolute Gasteiger partial charge is 0.0622 e. The second-order valence-corrected chi connectivity index (χ2v) is 4.25. The minimum atomic E-state index is 0.223. The molecule has 1 rings (SSSR count). The lowest BCUT2D eigenvalue weighted by Gasteiger charge is -1.84. The molecule has 0 aliphatic rings. The molecule has 56 valence electrons. The third kappa shape index (κ3) is 3.15. The van der Waals surface area contributed by atoms with E-state index < -0.39 is 0 Å². The molecule has 0 fully saturated rings. The van der Waals surface area contributed by atoms with Gasteiger partial charge in [-0.25, -0.2) is 0 Å². The second-order valence-electron chi connectivity index (χ2n) is 2.41. The maximum absolute atomic E-state index is 3.14. The van der Waals surface area contributed by atoms with Gasteiger partial charge in [0.25, 0.3) is 0 Å². The van der Waals surface area contributed by atoms with Crippen molar-refractivity contribution in [1.82, 2.24) is 0 Å². The Morgan fingerprint density at radius 1 is 1.09 bits per heavy atom. The predicted molar refractivity (Wildman–Crippen MR) is 52.5 cm³/mol. The summed E-state index contributed by atoms with van der Waals surface area (Å²) in [5.74, 6) is 3.11. The van der Waals surface area contributed by atoms with E-state index >= 15 is 0 Å². The quantitative estimate of drug-likeness (QED) is 0.404. The highest BCUT2D eigenvalue weighted by atomic mass is 32.2. The van der Waals surface area contributed by atoms with E-state index in [1.165, 1.54) is 0 Å². The van der Waals surface area contributed by atoms with Crippen LogP contribution in [0.2, 0.25) is 0 Å². The molecule has 0 aliphatic heterocycles. The van der Waals surface area contributed by atoms with Crippen molar-refractivity contribution in [2.75, 3.05) is 12.5 Å². The zero-order valence-electron chi connectivity index (χ0n) is 6.79. The van der Waals surface area contributed by atoms with Crippen LogP contribution in [0.3, 0.4) is 0 Å². The Labute approximate surface area is 71.0 Å². The average molecular weight is 163 g/mol. The second kappa shape index (κ2) is 4.10. The minimum Gasteiger partial charge on any atom is -0.0622 e. The highest BCUT2D eigenvalue weighted by Crippen LogP contribution is 1.95. The van der Waals surface area contributed by atoms with Gasteiger partial charge in [-0.15, -0.1) is 0 Å². The van der Waals surface area contributed by atoms with Crippen LogP contribution in [-0.2, 0) is 10.9 Å². The molecule has 0 saturated heterocycles. The van der Waals surface area contributed by atoms with Crippen LogP contribution in [-0.4, -0.2) is 12.5 Å². The van der Waals surface area contributed by atoms with Gasteiger partial charge in [-0.1, -0.05) is 18.2 Å². The van der Waals surface area contributed by atoms with Gasteiger partial charge in [-0.3, -0.25) is 0 Å². The van der Waals surface area contributed by atoms with Crippen LogP contribution in [0.5, 0.6) is 0 Å². The van der Waals surface area contributed by atoms with Crippen molar-refractivity contribution < 1.29 is 0 Å². The standard InChI is InChI=1S/C10H11S/c1-11(2)9-8-10-6-4-3-5-7-10/h3-7H,1-2H3/q+1. The fraction of sp³-hybridized carbons (Fsp3) is 0.200.